The Morgan fingerprint density at radius 3 is 2.76 bits per heavy atom. The quantitative estimate of drug-likeness (QED) is 0.828. The normalized spacial score (nSPS) is 15.6. The van der Waals surface area contributed by atoms with E-state index in [1.165, 1.54) is 6.07 Å². The monoisotopic (exact) mass is 313 g/mol. The van der Waals surface area contributed by atoms with Gasteiger partial charge in [0.05, 0.1) is 17.9 Å². The van der Waals surface area contributed by atoms with Crippen LogP contribution in [0.15, 0.2) is 23.1 Å². The number of hydrogen-bond donors (Lipinski definition) is 2. The van der Waals surface area contributed by atoms with Gasteiger partial charge in [0.25, 0.3) is 0 Å². The summed E-state index contributed by atoms with van der Waals surface area (Å²) in [5, 5.41) is 8.88. The Morgan fingerprint density at radius 1 is 1.43 bits per heavy atom. The van der Waals surface area contributed by atoms with Gasteiger partial charge in [0.2, 0.25) is 10.0 Å². The predicted octanol–water partition coefficient (Wildman–Crippen LogP) is 1.40. The van der Waals surface area contributed by atoms with Crippen molar-refractivity contribution in [2.75, 3.05) is 6.61 Å². The summed E-state index contributed by atoms with van der Waals surface area (Å²) >= 11 is 0. The number of aliphatic carboxylic acids is 1. The second-order valence-corrected chi connectivity index (χ2v) is 7.15. The molecule has 1 unspecified atom stereocenters. The van der Waals surface area contributed by atoms with E-state index in [4.69, 9.17) is 9.84 Å². The van der Waals surface area contributed by atoms with Gasteiger partial charge in [-0.25, -0.2) is 13.1 Å². The number of nitrogens with one attached hydrogen (secondary N) is 1. The minimum absolute atomic E-state index is 0.117. The van der Waals surface area contributed by atoms with E-state index in [1.54, 1.807) is 26.0 Å². The van der Waals surface area contributed by atoms with Gasteiger partial charge < -0.3 is 9.84 Å². The van der Waals surface area contributed by atoms with E-state index in [-0.39, 0.29) is 17.2 Å². The molecule has 2 N–H and O–H groups in total. The molecule has 0 fully saturated rings. The summed E-state index contributed by atoms with van der Waals surface area (Å²) in [6, 6.07) is 4.06. The van der Waals surface area contributed by atoms with Crippen molar-refractivity contribution in [3.63, 3.8) is 0 Å². The lowest BCUT2D eigenvalue weighted by molar-refractivity contribution is -0.137. The molecule has 1 aliphatic heterocycles. The van der Waals surface area contributed by atoms with Crippen LogP contribution in [0, 0.1) is 5.92 Å². The fourth-order valence-corrected chi connectivity index (χ4v) is 3.63. The van der Waals surface area contributed by atoms with Crippen molar-refractivity contribution >= 4 is 16.0 Å². The number of carboxylic acid groups (broad SMARTS) is 1. The Balaban J connectivity index is 2.22. The first kappa shape index (κ1) is 15.8. The molecule has 1 aromatic carbocycles. The molecule has 0 radical (unpaired) electrons. The molecule has 0 aromatic heterocycles. The van der Waals surface area contributed by atoms with E-state index >= 15 is 0 Å². The maximum absolute atomic E-state index is 12.4. The smallest absolute Gasteiger partial charge is 0.304 e. The van der Waals surface area contributed by atoms with Crippen LogP contribution in [0.25, 0.3) is 0 Å². The summed E-state index contributed by atoms with van der Waals surface area (Å²) in [4.78, 5) is 11.0. The van der Waals surface area contributed by atoms with Crippen LogP contribution in [0.2, 0.25) is 0 Å². The van der Waals surface area contributed by atoms with Crippen LogP contribution in [-0.2, 0) is 21.2 Å². The molecular formula is C14H19NO5S. The number of hydrogen-bond acceptors (Lipinski definition) is 4. The SMILES string of the molecule is CC(C)C(CC(=O)O)NS(=O)(=O)c1ccc2c(c1)CCO2. The van der Waals surface area contributed by atoms with Gasteiger partial charge in [0.15, 0.2) is 0 Å². The standard InChI is InChI=1S/C14H19NO5S/c1-9(2)12(8-14(16)17)15-21(18,19)11-3-4-13-10(7-11)5-6-20-13/h3-4,7,9,12,15H,5-6,8H2,1-2H3,(H,16,17). The number of carboxylic acids is 1. The number of ether oxygens (including phenoxy) is 1. The van der Waals surface area contributed by atoms with Crippen molar-refractivity contribution in [2.45, 2.75) is 37.6 Å². The third-order valence-electron chi connectivity index (χ3n) is 3.48. The molecule has 116 valence electrons. The van der Waals surface area contributed by atoms with Gasteiger partial charge in [-0.2, -0.15) is 0 Å². The highest BCUT2D eigenvalue weighted by Crippen LogP contribution is 2.27. The van der Waals surface area contributed by atoms with Crippen molar-refractivity contribution < 1.29 is 23.1 Å². The zero-order valence-corrected chi connectivity index (χ0v) is 12.8. The minimum atomic E-state index is -3.74. The molecule has 0 saturated carbocycles. The number of benzene rings is 1. The van der Waals surface area contributed by atoms with Crippen LogP contribution in [-0.4, -0.2) is 32.1 Å². The highest BCUT2D eigenvalue weighted by Gasteiger charge is 2.25. The van der Waals surface area contributed by atoms with Crippen LogP contribution < -0.4 is 9.46 Å². The van der Waals surface area contributed by atoms with Gasteiger partial charge >= 0.3 is 5.97 Å². The summed E-state index contributed by atoms with van der Waals surface area (Å²) < 4.78 is 32.6. The number of fused-ring (bicyclic) bond motifs is 1. The fourth-order valence-electron chi connectivity index (χ4n) is 2.20. The third kappa shape index (κ3) is 3.74. The summed E-state index contributed by atoms with van der Waals surface area (Å²) in [6.45, 7) is 4.12. The molecule has 1 heterocycles. The third-order valence-corrected chi connectivity index (χ3v) is 4.96. The summed E-state index contributed by atoms with van der Waals surface area (Å²) in [5.74, 6) is -0.438. The van der Waals surface area contributed by atoms with Crippen molar-refractivity contribution in [3.8, 4) is 5.75 Å². The van der Waals surface area contributed by atoms with Gasteiger partial charge in [-0.05, 0) is 29.7 Å². The van der Waals surface area contributed by atoms with Crippen LogP contribution in [0.4, 0.5) is 0 Å². The highest BCUT2D eigenvalue weighted by molar-refractivity contribution is 7.89. The zero-order valence-electron chi connectivity index (χ0n) is 12.0. The highest BCUT2D eigenvalue weighted by atomic mass is 32.2. The number of carbonyl (C=O) groups is 1. The second-order valence-electron chi connectivity index (χ2n) is 5.44. The van der Waals surface area contributed by atoms with E-state index < -0.39 is 22.0 Å². The maximum atomic E-state index is 12.4. The number of sulfonamides is 1. The maximum Gasteiger partial charge on any atom is 0.304 e. The Labute approximate surface area is 124 Å². The topological polar surface area (TPSA) is 92.7 Å². The lowest BCUT2D eigenvalue weighted by Crippen LogP contribution is -2.40. The van der Waals surface area contributed by atoms with Crippen molar-refractivity contribution in [3.05, 3.63) is 23.8 Å². The molecule has 7 heteroatoms. The predicted molar refractivity (Wildman–Crippen MR) is 76.8 cm³/mol. The fraction of sp³-hybridized carbons (Fsp3) is 0.500. The largest absolute Gasteiger partial charge is 0.493 e. The van der Waals surface area contributed by atoms with E-state index in [0.717, 1.165) is 5.56 Å². The molecule has 1 aromatic rings. The molecule has 0 aliphatic carbocycles. The molecule has 6 nitrogen and oxygen atoms in total. The van der Waals surface area contributed by atoms with Gasteiger partial charge in [0.1, 0.15) is 5.75 Å². The Hall–Kier alpha value is -1.60. The molecule has 0 bridgehead atoms. The summed E-state index contributed by atoms with van der Waals surface area (Å²) in [5.41, 5.74) is 0.859. The molecule has 0 spiro atoms. The van der Waals surface area contributed by atoms with E-state index in [2.05, 4.69) is 4.72 Å². The van der Waals surface area contributed by atoms with Gasteiger partial charge in [-0.3, -0.25) is 4.79 Å². The van der Waals surface area contributed by atoms with E-state index in [1.807, 2.05) is 0 Å². The van der Waals surface area contributed by atoms with Crippen LogP contribution in [0.3, 0.4) is 0 Å². The van der Waals surface area contributed by atoms with Crippen molar-refractivity contribution in [1.82, 2.24) is 4.72 Å². The Kier molecular flexibility index (Phi) is 4.53. The zero-order chi connectivity index (χ0) is 15.6. The molecule has 0 saturated heterocycles. The van der Waals surface area contributed by atoms with Gasteiger partial charge in [0, 0.05) is 12.5 Å². The second kappa shape index (κ2) is 6.03. The Morgan fingerprint density at radius 2 is 2.14 bits per heavy atom. The van der Waals surface area contributed by atoms with Crippen LogP contribution >= 0.6 is 0 Å². The molecule has 1 aliphatic rings. The summed E-state index contributed by atoms with van der Waals surface area (Å²) in [7, 11) is -3.74. The lowest BCUT2D eigenvalue weighted by atomic mass is 10.0. The average Bonchev–Trinajstić information content (AvgIpc) is 2.84. The Bertz CT molecular complexity index is 639. The molecule has 21 heavy (non-hydrogen) atoms. The van der Waals surface area contributed by atoms with Gasteiger partial charge in [-0.15, -0.1) is 0 Å². The minimum Gasteiger partial charge on any atom is -0.493 e. The number of rotatable bonds is 6. The summed E-state index contributed by atoms with van der Waals surface area (Å²) in [6.07, 6.45) is 0.437. The molecule has 0 amide bonds. The molecule has 2 rings (SSSR count). The first-order valence-electron chi connectivity index (χ1n) is 6.79. The lowest BCUT2D eigenvalue weighted by Gasteiger charge is -2.20. The average molecular weight is 313 g/mol. The van der Waals surface area contributed by atoms with Crippen molar-refractivity contribution in [2.24, 2.45) is 5.92 Å². The van der Waals surface area contributed by atoms with E-state index in [0.29, 0.717) is 18.8 Å². The first-order valence-corrected chi connectivity index (χ1v) is 8.28. The first-order chi connectivity index (χ1) is 9.79. The van der Waals surface area contributed by atoms with Crippen LogP contribution in [0.5, 0.6) is 5.75 Å². The van der Waals surface area contributed by atoms with Crippen LogP contribution in [0.1, 0.15) is 25.8 Å². The van der Waals surface area contributed by atoms with E-state index in [9.17, 15) is 13.2 Å². The molecule has 1 atom stereocenters. The van der Waals surface area contributed by atoms with Crippen molar-refractivity contribution in [1.29, 1.82) is 0 Å². The van der Waals surface area contributed by atoms with Gasteiger partial charge in [-0.1, -0.05) is 13.8 Å². The molecular weight excluding hydrogens is 294 g/mol.